The van der Waals surface area contributed by atoms with Crippen LogP contribution in [-0.4, -0.2) is 29.8 Å². The SMILES string of the molecule is CN(Cc1ccc(C(C)(C)C)cc1)C(=O)C(N)CC(N)=O. The van der Waals surface area contributed by atoms with Crippen LogP contribution < -0.4 is 11.5 Å². The van der Waals surface area contributed by atoms with Crippen LogP contribution in [0, 0.1) is 0 Å². The van der Waals surface area contributed by atoms with E-state index in [0.29, 0.717) is 6.54 Å². The van der Waals surface area contributed by atoms with Crippen LogP contribution in [0.5, 0.6) is 0 Å². The molecule has 1 aromatic carbocycles. The van der Waals surface area contributed by atoms with Crippen molar-refractivity contribution in [2.45, 2.75) is 45.2 Å². The highest BCUT2D eigenvalue weighted by molar-refractivity contribution is 5.87. The van der Waals surface area contributed by atoms with Crippen LogP contribution in [0.1, 0.15) is 38.3 Å². The van der Waals surface area contributed by atoms with Crippen LogP contribution >= 0.6 is 0 Å². The van der Waals surface area contributed by atoms with Gasteiger partial charge in [-0.25, -0.2) is 0 Å². The quantitative estimate of drug-likeness (QED) is 0.852. The van der Waals surface area contributed by atoms with Crippen molar-refractivity contribution in [1.82, 2.24) is 4.90 Å². The van der Waals surface area contributed by atoms with Crippen molar-refractivity contribution in [1.29, 1.82) is 0 Å². The van der Waals surface area contributed by atoms with E-state index in [1.54, 1.807) is 7.05 Å². The largest absolute Gasteiger partial charge is 0.370 e. The molecule has 0 fully saturated rings. The smallest absolute Gasteiger partial charge is 0.240 e. The second kappa shape index (κ2) is 6.72. The Morgan fingerprint density at radius 1 is 1.19 bits per heavy atom. The van der Waals surface area contributed by atoms with Gasteiger partial charge in [-0.15, -0.1) is 0 Å². The van der Waals surface area contributed by atoms with E-state index < -0.39 is 11.9 Å². The summed E-state index contributed by atoms with van der Waals surface area (Å²) in [6.07, 6.45) is -0.133. The van der Waals surface area contributed by atoms with Gasteiger partial charge < -0.3 is 16.4 Å². The van der Waals surface area contributed by atoms with Crippen LogP contribution in [0.15, 0.2) is 24.3 Å². The van der Waals surface area contributed by atoms with E-state index in [0.717, 1.165) is 5.56 Å². The predicted octanol–water partition coefficient (Wildman–Crippen LogP) is 1.15. The van der Waals surface area contributed by atoms with Crippen LogP contribution in [0.3, 0.4) is 0 Å². The molecule has 0 spiro atoms. The lowest BCUT2D eigenvalue weighted by Crippen LogP contribution is -2.43. The molecule has 1 rings (SSSR count). The second-order valence-electron chi connectivity index (χ2n) is 6.42. The Balaban J connectivity index is 2.68. The lowest BCUT2D eigenvalue weighted by Gasteiger charge is -2.22. The monoisotopic (exact) mass is 291 g/mol. The molecular weight excluding hydrogens is 266 g/mol. The molecule has 0 heterocycles. The Bertz CT molecular complexity index is 503. The summed E-state index contributed by atoms with van der Waals surface area (Å²) in [6.45, 7) is 6.91. The normalized spacial score (nSPS) is 12.8. The average molecular weight is 291 g/mol. The van der Waals surface area contributed by atoms with Gasteiger partial charge in [-0.3, -0.25) is 9.59 Å². The number of primary amides is 1. The molecule has 116 valence electrons. The molecule has 0 saturated carbocycles. The van der Waals surface area contributed by atoms with Crippen molar-refractivity contribution in [3.63, 3.8) is 0 Å². The molecule has 5 heteroatoms. The van der Waals surface area contributed by atoms with Crippen LogP contribution in [0.4, 0.5) is 0 Å². The summed E-state index contributed by atoms with van der Waals surface area (Å²) in [7, 11) is 1.67. The number of carbonyl (C=O) groups is 2. The first-order valence-corrected chi connectivity index (χ1v) is 6.99. The van der Waals surface area contributed by atoms with Crippen LogP contribution in [0.25, 0.3) is 0 Å². The molecule has 0 aliphatic rings. The molecule has 2 amide bonds. The highest BCUT2D eigenvalue weighted by atomic mass is 16.2. The molecule has 4 N–H and O–H groups in total. The summed E-state index contributed by atoms with van der Waals surface area (Å²) in [5, 5.41) is 0. The number of hydrogen-bond donors (Lipinski definition) is 2. The lowest BCUT2D eigenvalue weighted by atomic mass is 9.87. The van der Waals surface area contributed by atoms with E-state index in [1.807, 2.05) is 12.1 Å². The summed E-state index contributed by atoms with van der Waals surface area (Å²) >= 11 is 0. The third-order valence-corrected chi connectivity index (χ3v) is 3.35. The van der Waals surface area contributed by atoms with E-state index in [-0.39, 0.29) is 17.7 Å². The first kappa shape index (κ1) is 17.2. The van der Waals surface area contributed by atoms with Gasteiger partial charge >= 0.3 is 0 Å². The zero-order valence-corrected chi connectivity index (χ0v) is 13.2. The van der Waals surface area contributed by atoms with E-state index >= 15 is 0 Å². The minimum atomic E-state index is -0.874. The molecule has 1 aromatic rings. The maximum Gasteiger partial charge on any atom is 0.240 e. The molecule has 0 radical (unpaired) electrons. The molecule has 0 aliphatic heterocycles. The van der Waals surface area contributed by atoms with E-state index in [2.05, 4.69) is 32.9 Å². The minimum absolute atomic E-state index is 0.101. The van der Waals surface area contributed by atoms with Gasteiger partial charge in [0, 0.05) is 13.6 Å². The highest BCUT2D eigenvalue weighted by Gasteiger charge is 2.20. The van der Waals surface area contributed by atoms with Gasteiger partial charge in [0.15, 0.2) is 0 Å². The fourth-order valence-electron chi connectivity index (χ4n) is 2.05. The molecule has 0 aliphatic carbocycles. The fourth-order valence-corrected chi connectivity index (χ4v) is 2.05. The first-order valence-electron chi connectivity index (χ1n) is 6.99. The van der Waals surface area contributed by atoms with Crippen LogP contribution in [-0.2, 0) is 21.5 Å². The molecule has 1 unspecified atom stereocenters. The number of hydrogen-bond acceptors (Lipinski definition) is 3. The highest BCUT2D eigenvalue weighted by Crippen LogP contribution is 2.22. The van der Waals surface area contributed by atoms with Gasteiger partial charge in [-0.1, -0.05) is 45.0 Å². The van der Waals surface area contributed by atoms with E-state index in [1.165, 1.54) is 10.5 Å². The molecule has 21 heavy (non-hydrogen) atoms. The standard InChI is InChI=1S/C16H25N3O2/c1-16(2,3)12-7-5-11(6-8-12)10-19(4)15(21)13(17)9-14(18)20/h5-8,13H,9-10,17H2,1-4H3,(H2,18,20). The van der Waals surface area contributed by atoms with Crippen molar-refractivity contribution in [3.8, 4) is 0 Å². The Hall–Kier alpha value is -1.88. The van der Waals surface area contributed by atoms with Crippen molar-refractivity contribution >= 4 is 11.8 Å². The summed E-state index contributed by atoms with van der Waals surface area (Å²) in [5.74, 6) is -0.854. The Morgan fingerprint density at radius 2 is 1.71 bits per heavy atom. The maximum atomic E-state index is 12.0. The first-order chi connectivity index (χ1) is 9.61. The van der Waals surface area contributed by atoms with Crippen molar-refractivity contribution in [2.75, 3.05) is 7.05 Å². The van der Waals surface area contributed by atoms with Gasteiger partial charge in [0.25, 0.3) is 0 Å². The summed E-state index contributed by atoms with van der Waals surface area (Å²) in [4.78, 5) is 24.3. The number of likely N-dealkylation sites (N-methyl/N-ethyl adjacent to an activating group) is 1. The van der Waals surface area contributed by atoms with Gasteiger partial charge in [-0.2, -0.15) is 0 Å². The number of nitrogens with zero attached hydrogens (tertiary/aromatic N) is 1. The minimum Gasteiger partial charge on any atom is -0.370 e. The van der Waals surface area contributed by atoms with Gasteiger partial charge in [0.1, 0.15) is 0 Å². The van der Waals surface area contributed by atoms with Crippen molar-refractivity contribution in [3.05, 3.63) is 35.4 Å². The molecular formula is C16H25N3O2. The maximum absolute atomic E-state index is 12.0. The number of carbonyl (C=O) groups excluding carboxylic acids is 2. The predicted molar refractivity (Wildman–Crippen MR) is 83.4 cm³/mol. The van der Waals surface area contributed by atoms with Crippen LogP contribution in [0.2, 0.25) is 0 Å². The third kappa shape index (κ3) is 5.19. The van der Waals surface area contributed by atoms with Crippen molar-refractivity contribution in [2.24, 2.45) is 11.5 Å². The second-order valence-corrected chi connectivity index (χ2v) is 6.42. The summed E-state index contributed by atoms with van der Waals surface area (Å²) in [6, 6.07) is 7.27. The molecule has 1 atom stereocenters. The topological polar surface area (TPSA) is 89.4 Å². The van der Waals surface area contributed by atoms with Gasteiger partial charge in [0.2, 0.25) is 11.8 Å². The molecule has 0 bridgehead atoms. The average Bonchev–Trinajstić information content (AvgIpc) is 2.36. The number of amides is 2. The fraction of sp³-hybridized carbons (Fsp3) is 0.500. The third-order valence-electron chi connectivity index (χ3n) is 3.35. The van der Waals surface area contributed by atoms with E-state index in [4.69, 9.17) is 11.5 Å². The molecule has 5 nitrogen and oxygen atoms in total. The lowest BCUT2D eigenvalue weighted by molar-refractivity contribution is -0.133. The number of rotatable bonds is 5. The Labute approximate surface area is 126 Å². The summed E-state index contributed by atoms with van der Waals surface area (Å²) in [5.41, 5.74) is 13.1. The molecule has 0 saturated heterocycles. The van der Waals surface area contributed by atoms with Crippen molar-refractivity contribution < 1.29 is 9.59 Å². The van der Waals surface area contributed by atoms with Gasteiger partial charge in [0.05, 0.1) is 12.5 Å². The van der Waals surface area contributed by atoms with E-state index in [9.17, 15) is 9.59 Å². The van der Waals surface area contributed by atoms with Gasteiger partial charge in [-0.05, 0) is 16.5 Å². The Kier molecular flexibility index (Phi) is 5.49. The number of benzene rings is 1. The zero-order valence-electron chi connectivity index (χ0n) is 13.2. The zero-order chi connectivity index (χ0) is 16.2. The number of nitrogens with two attached hydrogens (primary N) is 2. The molecule has 0 aromatic heterocycles. The Morgan fingerprint density at radius 3 is 2.14 bits per heavy atom. The summed E-state index contributed by atoms with van der Waals surface area (Å²) < 4.78 is 0.